The zero-order chi connectivity index (χ0) is 18.8. The Morgan fingerprint density at radius 1 is 0.600 bits per heavy atom. The van der Waals surface area contributed by atoms with Gasteiger partial charge in [-0.3, -0.25) is 15.0 Å². The van der Waals surface area contributed by atoms with Crippen LogP contribution in [0.2, 0.25) is 0 Å². The van der Waals surface area contributed by atoms with Gasteiger partial charge < -0.3 is 0 Å². The molecule has 0 amide bonds. The van der Waals surface area contributed by atoms with Crippen molar-refractivity contribution in [1.82, 2.24) is 15.0 Å². The third-order valence-corrected chi connectivity index (χ3v) is 3.79. The Morgan fingerprint density at radius 3 is 1.32 bits per heavy atom. The maximum Gasteiger partial charge on any atom is 0.0404 e. The van der Waals surface area contributed by atoms with E-state index in [0.717, 1.165) is 22.8 Å². The summed E-state index contributed by atoms with van der Waals surface area (Å²) in [5, 5.41) is 0. The molecule has 0 radical (unpaired) electrons. The highest BCUT2D eigenvalue weighted by molar-refractivity contribution is 5.20. The molecule has 25 heavy (non-hydrogen) atoms. The molecule has 0 aromatic carbocycles. The summed E-state index contributed by atoms with van der Waals surface area (Å²) >= 11 is 0. The highest BCUT2D eigenvalue weighted by Gasteiger charge is 1.91. The highest BCUT2D eigenvalue weighted by Crippen LogP contribution is 2.03. The van der Waals surface area contributed by atoms with Gasteiger partial charge in [0.15, 0.2) is 0 Å². The summed E-state index contributed by atoms with van der Waals surface area (Å²) in [4.78, 5) is 12.4. The molecule has 0 spiro atoms. The van der Waals surface area contributed by atoms with Gasteiger partial charge in [0.25, 0.3) is 0 Å². The fraction of sp³-hybridized carbons (Fsp3) is 0.318. The number of rotatable bonds is 0. The molecule has 0 aliphatic rings. The molecular formula is C22H29N3. The van der Waals surface area contributed by atoms with Gasteiger partial charge in [0.05, 0.1) is 0 Å². The lowest BCUT2D eigenvalue weighted by molar-refractivity contribution is 1.09. The van der Waals surface area contributed by atoms with Crippen molar-refractivity contribution in [2.24, 2.45) is 0 Å². The molecule has 3 rings (SSSR count). The highest BCUT2D eigenvalue weighted by atomic mass is 14.7. The number of aryl methyl sites for hydroxylation is 7. The molecule has 3 nitrogen and oxygen atoms in total. The van der Waals surface area contributed by atoms with E-state index in [1.54, 1.807) is 6.20 Å². The van der Waals surface area contributed by atoms with Crippen molar-refractivity contribution < 1.29 is 0 Å². The van der Waals surface area contributed by atoms with Crippen molar-refractivity contribution in [3.63, 3.8) is 0 Å². The molecule has 0 bridgehead atoms. The van der Waals surface area contributed by atoms with Gasteiger partial charge in [-0.15, -0.1) is 0 Å². The summed E-state index contributed by atoms with van der Waals surface area (Å²) in [6.07, 6.45) is 3.60. The van der Waals surface area contributed by atoms with Crippen molar-refractivity contribution in [3.05, 3.63) is 88.3 Å². The molecule has 0 saturated heterocycles. The lowest BCUT2D eigenvalue weighted by Crippen LogP contribution is -1.87. The number of nitrogens with zero attached hydrogens (tertiary/aromatic N) is 3. The first-order valence-corrected chi connectivity index (χ1v) is 8.48. The van der Waals surface area contributed by atoms with Crippen LogP contribution in [0.15, 0.2) is 48.8 Å². The van der Waals surface area contributed by atoms with Crippen LogP contribution in [-0.2, 0) is 0 Å². The van der Waals surface area contributed by atoms with Crippen molar-refractivity contribution in [2.75, 3.05) is 0 Å². The van der Waals surface area contributed by atoms with E-state index in [1.165, 1.54) is 16.7 Å². The normalized spacial score (nSPS) is 9.40. The second-order valence-corrected chi connectivity index (χ2v) is 6.24. The summed E-state index contributed by atoms with van der Waals surface area (Å²) in [5.41, 5.74) is 8.20. The third kappa shape index (κ3) is 8.20. The minimum absolute atomic E-state index is 1.10. The molecule has 0 aliphatic heterocycles. The Morgan fingerprint density at radius 2 is 1.08 bits per heavy atom. The van der Waals surface area contributed by atoms with E-state index >= 15 is 0 Å². The van der Waals surface area contributed by atoms with Crippen LogP contribution in [0.5, 0.6) is 0 Å². The zero-order valence-corrected chi connectivity index (χ0v) is 16.5. The average Bonchev–Trinajstić information content (AvgIpc) is 2.57. The summed E-state index contributed by atoms with van der Waals surface area (Å²) in [5.74, 6) is 0. The molecule has 0 atom stereocenters. The molecule has 0 aliphatic carbocycles. The Bertz CT molecular complexity index is 731. The lowest BCUT2D eigenvalue weighted by atomic mass is 10.2. The van der Waals surface area contributed by atoms with Crippen molar-refractivity contribution in [1.29, 1.82) is 0 Å². The molecule has 0 saturated carbocycles. The maximum absolute atomic E-state index is 4.27. The molecule has 3 aromatic rings. The smallest absolute Gasteiger partial charge is 0.0404 e. The number of pyridine rings is 3. The Balaban J connectivity index is 0.000000189. The predicted molar refractivity (Wildman–Crippen MR) is 106 cm³/mol. The first-order chi connectivity index (χ1) is 11.8. The van der Waals surface area contributed by atoms with Crippen LogP contribution in [0.25, 0.3) is 0 Å². The quantitative estimate of drug-likeness (QED) is 0.552. The fourth-order valence-electron chi connectivity index (χ4n) is 1.96. The topological polar surface area (TPSA) is 38.7 Å². The average molecular weight is 335 g/mol. The lowest BCUT2D eigenvalue weighted by Gasteiger charge is -1.97. The molecule has 3 heteroatoms. The standard InChI is InChI=1S/2C8H11N.C6H7N/c2*1-6-4-5-7(2)9-8(6)3;1-6-3-2-4-7-5-6/h2*4-5H,1-3H3;2-5H,1H3. The van der Waals surface area contributed by atoms with Crippen LogP contribution in [0.3, 0.4) is 0 Å². The molecule has 3 heterocycles. The van der Waals surface area contributed by atoms with Gasteiger partial charge in [-0.05, 0) is 83.4 Å². The van der Waals surface area contributed by atoms with E-state index in [9.17, 15) is 0 Å². The number of hydrogen-bond donors (Lipinski definition) is 0. The Kier molecular flexibility index (Phi) is 8.48. The summed E-state index contributed by atoms with van der Waals surface area (Å²) in [7, 11) is 0. The number of hydrogen-bond acceptors (Lipinski definition) is 3. The van der Waals surface area contributed by atoms with Gasteiger partial charge in [0, 0.05) is 35.2 Å². The van der Waals surface area contributed by atoms with Gasteiger partial charge in [0.1, 0.15) is 0 Å². The summed E-state index contributed by atoms with van der Waals surface area (Å²) in [6, 6.07) is 12.2. The molecule has 132 valence electrons. The second kappa shape index (κ2) is 10.3. The monoisotopic (exact) mass is 335 g/mol. The second-order valence-electron chi connectivity index (χ2n) is 6.24. The van der Waals surface area contributed by atoms with Crippen molar-refractivity contribution >= 4 is 0 Å². The maximum atomic E-state index is 4.27. The summed E-state index contributed by atoms with van der Waals surface area (Å²) in [6.45, 7) is 14.2. The first kappa shape index (κ1) is 20.5. The van der Waals surface area contributed by atoms with Gasteiger partial charge >= 0.3 is 0 Å². The third-order valence-electron chi connectivity index (χ3n) is 3.79. The minimum Gasteiger partial charge on any atom is -0.264 e. The largest absolute Gasteiger partial charge is 0.264 e. The molecule has 0 N–H and O–H groups in total. The van der Waals surface area contributed by atoms with Crippen LogP contribution < -0.4 is 0 Å². The van der Waals surface area contributed by atoms with E-state index in [2.05, 4.69) is 40.9 Å². The van der Waals surface area contributed by atoms with Gasteiger partial charge in [-0.2, -0.15) is 0 Å². The first-order valence-electron chi connectivity index (χ1n) is 8.48. The van der Waals surface area contributed by atoms with Crippen LogP contribution in [-0.4, -0.2) is 15.0 Å². The fourth-order valence-corrected chi connectivity index (χ4v) is 1.96. The molecular weight excluding hydrogens is 306 g/mol. The zero-order valence-electron chi connectivity index (χ0n) is 16.5. The van der Waals surface area contributed by atoms with Crippen LogP contribution in [0.1, 0.15) is 39.5 Å². The van der Waals surface area contributed by atoms with Crippen LogP contribution in [0, 0.1) is 48.5 Å². The minimum atomic E-state index is 1.10. The van der Waals surface area contributed by atoms with Gasteiger partial charge in [0.2, 0.25) is 0 Å². The van der Waals surface area contributed by atoms with E-state index in [0.29, 0.717) is 0 Å². The Labute approximate surface area is 152 Å². The van der Waals surface area contributed by atoms with E-state index in [1.807, 2.05) is 65.1 Å². The van der Waals surface area contributed by atoms with Crippen molar-refractivity contribution in [2.45, 2.75) is 48.5 Å². The molecule has 0 unspecified atom stereocenters. The van der Waals surface area contributed by atoms with Crippen LogP contribution in [0.4, 0.5) is 0 Å². The summed E-state index contributed by atoms with van der Waals surface area (Å²) < 4.78 is 0. The van der Waals surface area contributed by atoms with Gasteiger partial charge in [-0.1, -0.05) is 18.2 Å². The van der Waals surface area contributed by atoms with E-state index in [4.69, 9.17) is 0 Å². The molecule has 0 fully saturated rings. The SMILES string of the molecule is Cc1ccc(C)c(C)n1.Cc1ccc(C)c(C)n1.Cc1cccnc1. The predicted octanol–water partition coefficient (Wildman–Crippen LogP) is 5.40. The van der Waals surface area contributed by atoms with Crippen molar-refractivity contribution in [3.8, 4) is 0 Å². The van der Waals surface area contributed by atoms with E-state index in [-0.39, 0.29) is 0 Å². The van der Waals surface area contributed by atoms with Gasteiger partial charge in [-0.25, -0.2) is 0 Å². The number of aromatic nitrogens is 3. The van der Waals surface area contributed by atoms with E-state index < -0.39 is 0 Å². The van der Waals surface area contributed by atoms with Crippen LogP contribution >= 0.6 is 0 Å². The Hall–Kier alpha value is -2.55. The molecule has 3 aromatic heterocycles.